The molecular weight excluding hydrogens is 342 g/mol. The van der Waals surface area contributed by atoms with Gasteiger partial charge in [0.05, 0.1) is 5.56 Å². The van der Waals surface area contributed by atoms with Crippen molar-refractivity contribution in [2.24, 2.45) is 5.92 Å². The first-order chi connectivity index (χ1) is 13.0. The monoisotopic (exact) mass is 367 g/mol. The van der Waals surface area contributed by atoms with Crippen molar-refractivity contribution in [3.63, 3.8) is 0 Å². The third-order valence-corrected chi connectivity index (χ3v) is 4.89. The van der Waals surface area contributed by atoms with Crippen LogP contribution in [-0.2, 0) is 11.3 Å². The number of amides is 1. The molecule has 0 atom stereocenters. The molecule has 1 heterocycles. The number of carbonyl (C=O) groups is 2. The molecule has 27 heavy (non-hydrogen) atoms. The van der Waals surface area contributed by atoms with Crippen LogP contribution in [0, 0.1) is 12.8 Å². The van der Waals surface area contributed by atoms with E-state index in [1.807, 2.05) is 42.2 Å². The van der Waals surface area contributed by atoms with Crippen molar-refractivity contribution in [1.29, 1.82) is 0 Å². The third kappa shape index (κ3) is 5.17. The smallest absolute Gasteiger partial charge is 0.335 e. The summed E-state index contributed by atoms with van der Waals surface area (Å²) in [5.41, 5.74) is 2.40. The Labute approximate surface area is 159 Å². The Hall–Kier alpha value is -2.66. The second-order valence-electron chi connectivity index (χ2n) is 7.12. The summed E-state index contributed by atoms with van der Waals surface area (Å²) in [5.74, 6) is -0.751. The van der Waals surface area contributed by atoms with Gasteiger partial charge < -0.3 is 14.7 Å². The van der Waals surface area contributed by atoms with Crippen LogP contribution in [0.3, 0.4) is 0 Å². The zero-order chi connectivity index (χ0) is 19.2. The zero-order valence-electron chi connectivity index (χ0n) is 15.6. The number of rotatable bonds is 6. The molecule has 0 radical (unpaired) electrons. The molecule has 1 aliphatic rings. The van der Waals surface area contributed by atoms with E-state index in [2.05, 4.69) is 0 Å². The molecule has 1 fully saturated rings. The number of benzene rings is 2. The Kier molecular flexibility index (Phi) is 6.24. The second-order valence-corrected chi connectivity index (χ2v) is 7.12. The maximum absolute atomic E-state index is 13.3. The van der Waals surface area contributed by atoms with Gasteiger partial charge >= 0.3 is 5.97 Å². The number of hydrogen-bond acceptors (Lipinski definition) is 3. The lowest BCUT2D eigenvalue weighted by Gasteiger charge is -2.30. The van der Waals surface area contributed by atoms with Crippen molar-refractivity contribution < 1.29 is 19.4 Å². The van der Waals surface area contributed by atoms with Crippen molar-refractivity contribution in [3.8, 4) is 0 Å². The summed E-state index contributed by atoms with van der Waals surface area (Å²) in [5, 5.41) is 9.31. The van der Waals surface area contributed by atoms with E-state index in [0.29, 0.717) is 24.6 Å². The average Bonchev–Trinajstić information content (AvgIpc) is 2.68. The molecule has 5 nitrogen and oxygen atoms in total. The summed E-state index contributed by atoms with van der Waals surface area (Å²) >= 11 is 0. The Morgan fingerprint density at radius 3 is 2.41 bits per heavy atom. The number of nitrogens with zero attached hydrogens (tertiary/aromatic N) is 1. The van der Waals surface area contributed by atoms with Crippen molar-refractivity contribution >= 4 is 11.9 Å². The normalized spacial score (nSPS) is 14.7. The first-order valence-electron chi connectivity index (χ1n) is 9.29. The quantitative estimate of drug-likeness (QED) is 0.844. The van der Waals surface area contributed by atoms with Crippen LogP contribution in [0.25, 0.3) is 0 Å². The van der Waals surface area contributed by atoms with Crippen LogP contribution in [0.1, 0.15) is 44.7 Å². The molecule has 1 N–H and O–H groups in total. The highest BCUT2D eigenvalue weighted by Crippen LogP contribution is 2.20. The Balaban J connectivity index is 1.86. The van der Waals surface area contributed by atoms with Crippen LogP contribution >= 0.6 is 0 Å². The van der Waals surface area contributed by atoms with Crippen LogP contribution in [0.4, 0.5) is 0 Å². The van der Waals surface area contributed by atoms with Crippen molar-refractivity contribution in [1.82, 2.24) is 4.90 Å². The third-order valence-electron chi connectivity index (χ3n) is 4.89. The molecule has 5 heteroatoms. The Bertz CT molecular complexity index is 797. The van der Waals surface area contributed by atoms with Gasteiger partial charge in [0, 0.05) is 31.9 Å². The number of aromatic carboxylic acids is 1. The average molecular weight is 367 g/mol. The molecular formula is C22H25NO4. The number of hydrogen-bond donors (Lipinski definition) is 1. The van der Waals surface area contributed by atoms with Gasteiger partial charge in [-0.3, -0.25) is 4.79 Å². The standard InChI is InChI=1S/C22H25NO4/c1-16-11-19(13-20(12-16)22(25)26)21(24)23(14-17-5-3-2-4-6-17)15-18-7-9-27-10-8-18/h2-6,11-13,18H,7-10,14-15H2,1H3,(H,25,26). The van der Waals surface area contributed by atoms with E-state index in [1.165, 1.54) is 6.07 Å². The highest BCUT2D eigenvalue weighted by atomic mass is 16.5. The molecule has 0 unspecified atom stereocenters. The summed E-state index contributed by atoms with van der Waals surface area (Å²) in [4.78, 5) is 26.5. The van der Waals surface area contributed by atoms with E-state index >= 15 is 0 Å². The molecule has 3 rings (SSSR count). The van der Waals surface area contributed by atoms with Gasteiger partial charge in [-0.1, -0.05) is 30.3 Å². The van der Waals surface area contributed by atoms with E-state index in [4.69, 9.17) is 4.74 Å². The minimum absolute atomic E-state index is 0.128. The van der Waals surface area contributed by atoms with Crippen molar-refractivity contribution in [2.75, 3.05) is 19.8 Å². The van der Waals surface area contributed by atoms with Gasteiger partial charge in [0.2, 0.25) is 0 Å². The van der Waals surface area contributed by atoms with Gasteiger partial charge in [-0.25, -0.2) is 4.79 Å². The van der Waals surface area contributed by atoms with Crippen LogP contribution in [-0.4, -0.2) is 41.6 Å². The van der Waals surface area contributed by atoms with Crippen LogP contribution < -0.4 is 0 Å². The molecule has 1 amide bonds. The van der Waals surface area contributed by atoms with Crippen molar-refractivity contribution in [3.05, 3.63) is 70.8 Å². The van der Waals surface area contributed by atoms with E-state index in [-0.39, 0.29) is 11.5 Å². The number of ether oxygens (including phenoxy) is 1. The number of carbonyl (C=O) groups excluding carboxylic acids is 1. The molecule has 1 aliphatic heterocycles. The van der Waals surface area contributed by atoms with Crippen LogP contribution in [0.15, 0.2) is 48.5 Å². The second kappa shape index (κ2) is 8.82. The van der Waals surface area contributed by atoms with Gasteiger partial charge in [-0.15, -0.1) is 0 Å². The maximum Gasteiger partial charge on any atom is 0.335 e. The predicted octanol–water partition coefficient (Wildman–Crippen LogP) is 3.76. The maximum atomic E-state index is 13.3. The van der Waals surface area contributed by atoms with Gasteiger partial charge in [-0.2, -0.15) is 0 Å². The van der Waals surface area contributed by atoms with E-state index in [1.54, 1.807) is 12.1 Å². The summed E-state index contributed by atoms with van der Waals surface area (Å²) in [7, 11) is 0. The molecule has 2 aromatic rings. The Morgan fingerprint density at radius 2 is 1.74 bits per heavy atom. The minimum atomic E-state index is -1.02. The van der Waals surface area contributed by atoms with Gasteiger partial charge in [0.25, 0.3) is 5.91 Å². The van der Waals surface area contributed by atoms with Gasteiger partial charge in [-0.05, 0) is 55.0 Å². The van der Waals surface area contributed by atoms with E-state index in [0.717, 1.165) is 37.2 Å². The fourth-order valence-electron chi connectivity index (χ4n) is 3.48. The SMILES string of the molecule is Cc1cc(C(=O)O)cc(C(=O)N(Cc2ccccc2)CC2CCOCC2)c1. The minimum Gasteiger partial charge on any atom is -0.478 e. The highest BCUT2D eigenvalue weighted by molar-refractivity contribution is 5.97. The molecule has 0 saturated carbocycles. The summed E-state index contributed by atoms with van der Waals surface area (Å²) in [6.07, 6.45) is 1.87. The van der Waals surface area contributed by atoms with Crippen LogP contribution in [0.2, 0.25) is 0 Å². The van der Waals surface area contributed by atoms with Gasteiger partial charge in [0.15, 0.2) is 0 Å². The lowest BCUT2D eigenvalue weighted by atomic mass is 9.98. The van der Waals surface area contributed by atoms with E-state index in [9.17, 15) is 14.7 Å². The van der Waals surface area contributed by atoms with Gasteiger partial charge in [0.1, 0.15) is 0 Å². The van der Waals surface area contributed by atoms with E-state index < -0.39 is 5.97 Å². The summed E-state index contributed by atoms with van der Waals surface area (Å²) in [6, 6.07) is 14.7. The lowest BCUT2D eigenvalue weighted by molar-refractivity contribution is 0.0446. The molecule has 2 aromatic carbocycles. The largest absolute Gasteiger partial charge is 0.478 e. The number of aryl methyl sites for hydroxylation is 1. The molecule has 0 aliphatic carbocycles. The zero-order valence-corrected chi connectivity index (χ0v) is 15.6. The fourth-order valence-corrected chi connectivity index (χ4v) is 3.48. The summed E-state index contributed by atoms with van der Waals surface area (Å²) in [6.45, 7) is 4.42. The first kappa shape index (κ1) is 19.1. The number of carboxylic acid groups (broad SMARTS) is 1. The molecule has 0 aromatic heterocycles. The summed E-state index contributed by atoms with van der Waals surface area (Å²) < 4.78 is 5.43. The number of carboxylic acids is 1. The molecule has 142 valence electrons. The van der Waals surface area contributed by atoms with Crippen LogP contribution in [0.5, 0.6) is 0 Å². The molecule has 1 saturated heterocycles. The topological polar surface area (TPSA) is 66.8 Å². The van der Waals surface area contributed by atoms with Crippen molar-refractivity contribution in [2.45, 2.75) is 26.3 Å². The molecule has 0 bridgehead atoms. The Morgan fingerprint density at radius 1 is 1.07 bits per heavy atom. The molecule has 0 spiro atoms. The first-order valence-corrected chi connectivity index (χ1v) is 9.29. The highest BCUT2D eigenvalue weighted by Gasteiger charge is 2.23. The predicted molar refractivity (Wildman–Crippen MR) is 103 cm³/mol. The lowest BCUT2D eigenvalue weighted by Crippen LogP contribution is -2.37. The fraction of sp³-hybridized carbons (Fsp3) is 0.364.